The second-order valence-corrected chi connectivity index (χ2v) is 4.45. The van der Waals surface area contributed by atoms with Crippen LogP contribution in [0.1, 0.15) is 10.4 Å². The molecule has 0 radical (unpaired) electrons. The van der Waals surface area contributed by atoms with E-state index in [1.54, 1.807) is 30.3 Å². The highest BCUT2D eigenvalue weighted by Crippen LogP contribution is 2.13. The van der Waals surface area contributed by atoms with Crippen LogP contribution in [0.4, 0.5) is 0 Å². The lowest BCUT2D eigenvalue weighted by atomic mass is 10.2. The molecule has 19 heavy (non-hydrogen) atoms. The van der Waals surface area contributed by atoms with Gasteiger partial charge in [-0.05, 0) is 0 Å². The van der Waals surface area contributed by atoms with Crippen LogP contribution in [0.5, 0.6) is 0 Å². The predicted octanol–water partition coefficient (Wildman–Crippen LogP) is 0.134. The Kier molecular flexibility index (Phi) is 6.62. The molecule has 0 aliphatic heterocycles. The Labute approximate surface area is 114 Å². The summed E-state index contributed by atoms with van der Waals surface area (Å²) in [4.78, 5) is 33.2. The topological polar surface area (TPSA) is 98.5 Å². The molecule has 0 saturated carbocycles. The molecule has 102 valence electrons. The number of ether oxygens (including phenoxy) is 1. The molecule has 3 N–H and O–H groups in total. The van der Waals surface area contributed by atoms with Crippen LogP contribution in [0.2, 0.25) is 0 Å². The normalized spacial score (nSPS) is 11.4. The summed E-state index contributed by atoms with van der Waals surface area (Å²) in [5, 5.41) is 2.22. The van der Waals surface area contributed by atoms with Crippen LogP contribution < -0.4 is 11.1 Å². The summed E-state index contributed by atoms with van der Waals surface area (Å²) in [6.45, 7) is 0.00499. The van der Waals surface area contributed by atoms with Crippen molar-refractivity contribution in [1.82, 2.24) is 5.32 Å². The Morgan fingerprint density at radius 3 is 2.63 bits per heavy atom. The van der Waals surface area contributed by atoms with Gasteiger partial charge < -0.3 is 15.8 Å². The molecule has 1 aromatic rings. The van der Waals surface area contributed by atoms with Crippen molar-refractivity contribution < 1.29 is 19.1 Å². The maximum absolute atomic E-state index is 11.8. The molecule has 7 heteroatoms. The van der Waals surface area contributed by atoms with Crippen LogP contribution in [-0.2, 0) is 14.3 Å². The van der Waals surface area contributed by atoms with Crippen molar-refractivity contribution >= 4 is 29.3 Å². The fourth-order valence-corrected chi connectivity index (χ4v) is 2.00. The van der Waals surface area contributed by atoms with Crippen molar-refractivity contribution in [3.8, 4) is 0 Å². The lowest BCUT2D eigenvalue weighted by Crippen LogP contribution is -2.41. The highest BCUT2D eigenvalue weighted by molar-refractivity contribution is 8.14. The van der Waals surface area contributed by atoms with Gasteiger partial charge in [0.1, 0.15) is 0 Å². The van der Waals surface area contributed by atoms with Crippen LogP contribution in [0.25, 0.3) is 0 Å². The Hall–Kier alpha value is -1.86. The van der Waals surface area contributed by atoms with Crippen LogP contribution in [0.3, 0.4) is 0 Å². The van der Waals surface area contributed by atoms with Gasteiger partial charge in [-0.15, -0.1) is 0 Å². The van der Waals surface area contributed by atoms with E-state index in [0.29, 0.717) is 5.56 Å². The molecule has 1 aromatic carbocycles. The first-order chi connectivity index (χ1) is 9.17. The predicted molar refractivity (Wildman–Crippen MR) is 71.4 cm³/mol. The number of nitrogens with one attached hydrogen (secondary N) is 1. The largest absolute Gasteiger partial charge is 0.443 e. The second-order valence-electron chi connectivity index (χ2n) is 3.46. The molecule has 0 spiro atoms. The van der Waals surface area contributed by atoms with Crippen LogP contribution >= 0.6 is 11.8 Å². The minimum Gasteiger partial charge on any atom is -0.443 e. The summed E-state index contributed by atoms with van der Waals surface area (Å²) >= 11 is 0.952. The minimum atomic E-state index is -0.869. The van der Waals surface area contributed by atoms with Crippen molar-refractivity contribution in [2.24, 2.45) is 5.73 Å². The highest BCUT2D eigenvalue weighted by atomic mass is 32.2. The van der Waals surface area contributed by atoms with Gasteiger partial charge in [-0.1, -0.05) is 42.1 Å². The van der Waals surface area contributed by atoms with Gasteiger partial charge in [-0.25, -0.2) is 0 Å². The molecule has 0 fully saturated rings. The minimum absolute atomic E-state index is 0.123. The third-order valence-electron chi connectivity index (χ3n) is 2.10. The molecule has 1 rings (SSSR count). The van der Waals surface area contributed by atoms with Crippen molar-refractivity contribution in [1.29, 1.82) is 0 Å². The molecule has 0 heterocycles. The van der Waals surface area contributed by atoms with E-state index in [0.717, 1.165) is 11.8 Å². The number of carbonyl (C=O) groups is 3. The molecule has 1 amide bonds. The molecule has 6 nitrogen and oxygen atoms in total. The van der Waals surface area contributed by atoms with Gasteiger partial charge in [0.05, 0.1) is 12.3 Å². The summed E-state index contributed by atoms with van der Waals surface area (Å²) in [5.41, 5.74) is 5.68. The summed E-state index contributed by atoms with van der Waals surface area (Å²) < 4.78 is 4.66. The maximum Gasteiger partial charge on any atom is 0.295 e. The van der Waals surface area contributed by atoms with E-state index < -0.39 is 12.1 Å². The first-order valence-electron chi connectivity index (χ1n) is 5.48. The van der Waals surface area contributed by atoms with E-state index in [1.807, 2.05) is 0 Å². The van der Waals surface area contributed by atoms with Gasteiger partial charge in [0.25, 0.3) is 6.47 Å². The molecule has 0 bridgehead atoms. The van der Waals surface area contributed by atoms with Crippen molar-refractivity contribution in [2.45, 2.75) is 6.23 Å². The summed E-state index contributed by atoms with van der Waals surface area (Å²) in [6.07, 6.45) is -0.869. The van der Waals surface area contributed by atoms with E-state index in [1.165, 1.54) is 0 Å². The van der Waals surface area contributed by atoms with Gasteiger partial charge in [0.15, 0.2) is 6.23 Å². The Bertz CT molecular complexity index is 439. The number of carbonyl (C=O) groups excluding carboxylic acids is 3. The number of hydrogen-bond acceptors (Lipinski definition) is 6. The number of nitrogens with two attached hydrogens (primary N) is 1. The Morgan fingerprint density at radius 2 is 2.05 bits per heavy atom. The van der Waals surface area contributed by atoms with E-state index in [-0.39, 0.29) is 23.9 Å². The third kappa shape index (κ3) is 5.54. The molecular formula is C12H14N2O4S. The van der Waals surface area contributed by atoms with Crippen LogP contribution in [0, 0.1) is 0 Å². The Morgan fingerprint density at radius 1 is 1.37 bits per heavy atom. The zero-order chi connectivity index (χ0) is 14.1. The maximum atomic E-state index is 11.8. The Balaban J connectivity index is 2.49. The fraction of sp³-hybridized carbons (Fsp3) is 0.250. The van der Waals surface area contributed by atoms with Gasteiger partial charge in [-0.2, -0.15) is 0 Å². The van der Waals surface area contributed by atoms with Crippen molar-refractivity contribution in [2.75, 3.05) is 12.3 Å². The molecule has 0 unspecified atom stereocenters. The van der Waals surface area contributed by atoms with E-state index in [9.17, 15) is 14.4 Å². The summed E-state index contributed by atoms with van der Waals surface area (Å²) in [5.74, 6) is -0.335. The molecule has 1 atom stereocenters. The first-order valence-corrected chi connectivity index (χ1v) is 6.46. The number of hydrogen-bond donors (Lipinski definition) is 2. The quantitative estimate of drug-likeness (QED) is 0.545. The average molecular weight is 282 g/mol. The van der Waals surface area contributed by atoms with Gasteiger partial charge >= 0.3 is 0 Å². The number of thioether (sulfide) groups is 1. The number of rotatable bonds is 7. The smallest absolute Gasteiger partial charge is 0.295 e. The average Bonchev–Trinajstić information content (AvgIpc) is 2.45. The van der Waals surface area contributed by atoms with E-state index in [2.05, 4.69) is 10.1 Å². The van der Waals surface area contributed by atoms with E-state index in [4.69, 9.17) is 5.73 Å². The van der Waals surface area contributed by atoms with Crippen molar-refractivity contribution in [3.63, 3.8) is 0 Å². The molecular weight excluding hydrogens is 268 g/mol. The number of benzene rings is 1. The van der Waals surface area contributed by atoms with Crippen molar-refractivity contribution in [3.05, 3.63) is 35.9 Å². The SMILES string of the molecule is NCC(=O)N[C@@H](CSC(=O)c1ccccc1)OC=O. The van der Waals surface area contributed by atoms with E-state index >= 15 is 0 Å². The molecule has 0 aliphatic rings. The third-order valence-corrected chi connectivity index (χ3v) is 3.07. The molecule has 0 saturated heterocycles. The zero-order valence-electron chi connectivity index (χ0n) is 10.1. The highest BCUT2D eigenvalue weighted by Gasteiger charge is 2.15. The van der Waals surface area contributed by atoms with Gasteiger partial charge in [0, 0.05) is 5.56 Å². The van der Waals surface area contributed by atoms with Crippen LogP contribution in [0.15, 0.2) is 30.3 Å². The van der Waals surface area contributed by atoms with Gasteiger partial charge in [-0.3, -0.25) is 14.4 Å². The zero-order valence-corrected chi connectivity index (χ0v) is 10.9. The number of amides is 1. The van der Waals surface area contributed by atoms with Gasteiger partial charge in [0.2, 0.25) is 11.0 Å². The molecule has 0 aromatic heterocycles. The van der Waals surface area contributed by atoms with Crippen LogP contribution in [-0.4, -0.2) is 36.0 Å². The summed E-state index contributed by atoms with van der Waals surface area (Å²) in [6, 6.07) is 8.68. The lowest BCUT2D eigenvalue weighted by molar-refractivity contribution is -0.136. The lowest BCUT2D eigenvalue weighted by Gasteiger charge is -2.15. The molecule has 0 aliphatic carbocycles. The standard InChI is InChI=1S/C12H14N2O4S/c13-6-10(16)14-11(18-8-15)7-19-12(17)9-4-2-1-3-5-9/h1-5,8,11H,6-7,13H2,(H,14,16)/t11-/m1/s1. The fourth-order valence-electron chi connectivity index (χ4n) is 1.23. The second kappa shape index (κ2) is 8.28. The monoisotopic (exact) mass is 282 g/mol. The summed E-state index contributed by atoms with van der Waals surface area (Å²) in [7, 11) is 0. The first kappa shape index (κ1) is 15.2.